The van der Waals surface area contributed by atoms with Gasteiger partial charge in [0.25, 0.3) is 0 Å². The molecule has 0 bridgehead atoms. The van der Waals surface area contributed by atoms with Crippen molar-refractivity contribution in [2.75, 3.05) is 18.0 Å². The Balaban J connectivity index is 1.85. The van der Waals surface area contributed by atoms with Gasteiger partial charge in [-0.15, -0.1) is 0 Å². The molecule has 2 aliphatic heterocycles. The second kappa shape index (κ2) is 6.44. The van der Waals surface area contributed by atoms with E-state index in [0.717, 1.165) is 49.7 Å². The normalized spacial score (nSPS) is 15.4. The van der Waals surface area contributed by atoms with Crippen molar-refractivity contribution in [1.29, 1.82) is 0 Å². The lowest BCUT2D eigenvalue weighted by Gasteiger charge is -2.37. The summed E-state index contributed by atoms with van der Waals surface area (Å²) in [5.74, 6) is 0. The smallest absolute Gasteiger partial charge is 0.336 e. The molecule has 2 aliphatic rings. The Hall–Kier alpha value is -3.21. The minimum atomic E-state index is -0.421. The zero-order valence-corrected chi connectivity index (χ0v) is 15.4. The van der Waals surface area contributed by atoms with Crippen molar-refractivity contribution < 1.29 is 14.0 Å². The van der Waals surface area contributed by atoms with Gasteiger partial charge in [-0.2, -0.15) is 0 Å². The summed E-state index contributed by atoms with van der Waals surface area (Å²) in [7, 11) is 0. The molecule has 0 spiro atoms. The van der Waals surface area contributed by atoms with E-state index in [1.165, 1.54) is 17.3 Å². The predicted molar refractivity (Wildman–Crippen MR) is 108 cm³/mol. The van der Waals surface area contributed by atoms with E-state index in [2.05, 4.69) is 11.0 Å². The zero-order chi connectivity index (χ0) is 19.3. The van der Waals surface area contributed by atoms with Gasteiger partial charge in [-0.1, -0.05) is 0 Å². The summed E-state index contributed by atoms with van der Waals surface area (Å²) in [6.45, 7) is 2.08. The van der Waals surface area contributed by atoms with Crippen LogP contribution in [0.5, 0.6) is 0 Å². The van der Waals surface area contributed by atoms with Gasteiger partial charge in [0.05, 0.1) is 0 Å². The second-order valence-electron chi connectivity index (χ2n) is 7.54. The van der Waals surface area contributed by atoms with Crippen molar-refractivity contribution in [3.63, 3.8) is 0 Å². The topological polar surface area (TPSA) is 67.6 Å². The molecule has 0 amide bonds. The van der Waals surface area contributed by atoms with Gasteiger partial charge in [0.2, 0.25) is 0 Å². The number of fused-ring (bicyclic) bond motifs is 2. The highest BCUT2D eigenvalue weighted by molar-refractivity contribution is 6.00. The van der Waals surface area contributed by atoms with E-state index in [0.29, 0.717) is 40.4 Å². The van der Waals surface area contributed by atoms with E-state index in [1.54, 1.807) is 18.2 Å². The van der Waals surface area contributed by atoms with E-state index < -0.39 is 5.63 Å². The first-order chi connectivity index (χ1) is 13.7. The number of carbonyl (C=O) groups excluding carboxylic acids is 2. The van der Waals surface area contributed by atoms with E-state index >= 15 is 0 Å². The molecular formula is C23H19NO4. The van der Waals surface area contributed by atoms with Crippen molar-refractivity contribution in [3.8, 4) is 11.1 Å². The van der Waals surface area contributed by atoms with Gasteiger partial charge in [0.15, 0.2) is 0 Å². The van der Waals surface area contributed by atoms with Gasteiger partial charge in [-0.3, -0.25) is 9.59 Å². The van der Waals surface area contributed by atoms with Gasteiger partial charge >= 0.3 is 5.63 Å². The van der Waals surface area contributed by atoms with Crippen molar-refractivity contribution in [2.24, 2.45) is 0 Å². The molecule has 0 radical (unpaired) electrons. The number of hydrogen-bond donors (Lipinski definition) is 0. The molecule has 5 heteroatoms. The quantitative estimate of drug-likeness (QED) is 0.516. The summed E-state index contributed by atoms with van der Waals surface area (Å²) in [5, 5.41) is 0.872. The fourth-order valence-electron chi connectivity index (χ4n) is 4.68. The van der Waals surface area contributed by atoms with Crippen LogP contribution < -0.4 is 10.5 Å². The van der Waals surface area contributed by atoms with Crippen LogP contribution in [0.1, 0.15) is 44.7 Å². The van der Waals surface area contributed by atoms with Crippen LogP contribution in [0.3, 0.4) is 0 Å². The van der Waals surface area contributed by atoms with Crippen molar-refractivity contribution in [3.05, 3.63) is 63.0 Å². The molecule has 3 heterocycles. The van der Waals surface area contributed by atoms with Gasteiger partial charge in [0, 0.05) is 46.9 Å². The van der Waals surface area contributed by atoms with Gasteiger partial charge in [-0.05, 0) is 66.6 Å². The van der Waals surface area contributed by atoms with Gasteiger partial charge < -0.3 is 9.32 Å². The number of anilines is 1. The average Bonchev–Trinajstić information content (AvgIpc) is 2.73. The molecule has 0 fully saturated rings. The van der Waals surface area contributed by atoms with Crippen molar-refractivity contribution in [1.82, 2.24) is 0 Å². The van der Waals surface area contributed by atoms with Crippen molar-refractivity contribution >= 4 is 29.2 Å². The van der Waals surface area contributed by atoms with Crippen LogP contribution in [-0.2, 0) is 12.8 Å². The molecule has 28 heavy (non-hydrogen) atoms. The summed E-state index contributed by atoms with van der Waals surface area (Å²) in [4.78, 5) is 37.5. The van der Waals surface area contributed by atoms with Crippen LogP contribution in [0.4, 0.5) is 5.69 Å². The Morgan fingerprint density at radius 2 is 1.61 bits per heavy atom. The Morgan fingerprint density at radius 1 is 0.893 bits per heavy atom. The lowest BCUT2D eigenvalue weighted by Crippen LogP contribution is -2.34. The summed E-state index contributed by atoms with van der Waals surface area (Å²) >= 11 is 0. The number of hydrogen-bond acceptors (Lipinski definition) is 5. The third kappa shape index (κ3) is 2.58. The maximum absolute atomic E-state index is 12.4. The van der Waals surface area contributed by atoms with Crippen LogP contribution in [0.15, 0.2) is 39.5 Å². The average molecular weight is 373 g/mol. The van der Waals surface area contributed by atoms with E-state index in [4.69, 9.17) is 4.42 Å². The molecule has 0 N–H and O–H groups in total. The first-order valence-corrected chi connectivity index (χ1v) is 9.61. The van der Waals surface area contributed by atoms with Crippen LogP contribution in [0.2, 0.25) is 0 Å². The second-order valence-corrected chi connectivity index (χ2v) is 7.54. The van der Waals surface area contributed by atoms with Gasteiger partial charge in [0.1, 0.15) is 18.2 Å². The summed E-state index contributed by atoms with van der Waals surface area (Å²) in [6, 6.07) is 8.55. The number of aldehydes is 2. The predicted octanol–water partition coefficient (Wildman–Crippen LogP) is 3.78. The molecule has 0 saturated heterocycles. The Morgan fingerprint density at radius 3 is 2.32 bits per heavy atom. The van der Waals surface area contributed by atoms with Crippen LogP contribution in [0.25, 0.3) is 22.1 Å². The van der Waals surface area contributed by atoms with Crippen molar-refractivity contribution in [2.45, 2.75) is 25.7 Å². The SMILES string of the molecule is O=Cc1cc(C=O)cc(-c2cc(=O)oc3c4c5c(cc23)CCCN5CCC4)c1. The fourth-order valence-corrected chi connectivity index (χ4v) is 4.68. The molecule has 1 aromatic heterocycles. The van der Waals surface area contributed by atoms with Crippen LogP contribution in [-0.4, -0.2) is 25.7 Å². The molecular weight excluding hydrogens is 354 g/mol. The number of carbonyl (C=O) groups is 2. The monoisotopic (exact) mass is 373 g/mol. The molecule has 0 unspecified atom stereocenters. The first kappa shape index (κ1) is 16.9. The summed E-state index contributed by atoms with van der Waals surface area (Å²) in [6.07, 6.45) is 5.47. The highest BCUT2D eigenvalue weighted by atomic mass is 16.4. The first-order valence-electron chi connectivity index (χ1n) is 9.61. The molecule has 5 nitrogen and oxygen atoms in total. The lowest BCUT2D eigenvalue weighted by atomic mass is 9.88. The molecule has 140 valence electrons. The third-order valence-electron chi connectivity index (χ3n) is 5.79. The molecule has 5 rings (SSSR count). The third-order valence-corrected chi connectivity index (χ3v) is 5.79. The molecule has 3 aromatic rings. The maximum Gasteiger partial charge on any atom is 0.336 e. The molecule has 0 aliphatic carbocycles. The minimum Gasteiger partial charge on any atom is -0.422 e. The molecule has 0 atom stereocenters. The highest BCUT2D eigenvalue weighted by Gasteiger charge is 2.27. The molecule has 0 saturated carbocycles. The zero-order valence-electron chi connectivity index (χ0n) is 15.4. The number of benzene rings is 2. The maximum atomic E-state index is 12.4. The van der Waals surface area contributed by atoms with E-state index in [1.807, 2.05) is 0 Å². The van der Waals surface area contributed by atoms with E-state index in [9.17, 15) is 14.4 Å². The number of aryl methyl sites for hydroxylation is 2. The minimum absolute atomic E-state index is 0.409. The van der Waals surface area contributed by atoms with Gasteiger partial charge in [-0.25, -0.2) is 4.79 Å². The number of rotatable bonds is 3. The number of nitrogens with zero attached hydrogens (tertiary/aromatic N) is 1. The summed E-state index contributed by atoms with van der Waals surface area (Å²) < 4.78 is 5.69. The van der Waals surface area contributed by atoms with E-state index in [-0.39, 0.29) is 0 Å². The van der Waals surface area contributed by atoms with Crippen LogP contribution in [0, 0.1) is 0 Å². The van der Waals surface area contributed by atoms with Crippen LogP contribution >= 0.6 is 0 Å². The summed E-state index contributed by atoms with van der Waals surface area (Å²) in [5.41, 5.74) is 6.05. The molecule has 2 aromatic carbocycles. The Labute approximate surface area is 161 Å². The Kier molecular flexibility index (Phi) is 3.90. The fraction of sp³-hybridized carbons (Fsp3) is 0.261. The lowest BCUT2D eigenvalue weighted by molar-refractivity contribution is 0.112. The highest BCUT2D eigenvalue weighted by Crippen LogP contribution is 2.42. The Bertz CT molecular complexity index is 1160. The standard InChI is InChI=1S/C23H19NO4/c25-12-14-7-15(13-26)9-17(8-14)19-11-21(27)28-23-18-4-2-6-24-5-1-3-16(22(18)24)10-20(19)23/h7-13H,1-6H2. The largest absolute Gasteiger partial charge is 0.422 e.